The number of hydrogen-bond donors (Lipinski definition) is 1. The summed E-state index contributed by atoms with van der Waals surface area (Å²) in [6.07, 6.45) is 1.06. The van der Waals surface area contributed by atoms with Crippen molar-refractivity contribution < 1.29 is 5.11 Å². The largest absolute Gasteiger partial charge is 0.396 e. The maximum atomic E-state index is 8.93. The average molecular weight is 178 g/mol. The summed E-state index contributed by atoms with van der Waals surface area (Å²) >= 11 is 0. The molecular weight excluding hydrogens is 160 g/mol. The highest BCUT2D eigenvalue weighted by atomic mass is 16.3. The number of hydrogen-bond acceptors (Lipinski definition) is 1. The standard InChI is InChI=1S/C12H18O/c1-10(9-13)8-11(2)12-6-4-3-5-7-12/h3-7,10-11,13H,8-9H2,1-2H3/t10?,11-/m0/s1. The van der Waals surface area contributed by atoms with Gasteiger partial charge in [-0.2, -0.15) is 0 Å². The van der Waals surface area contributed by atoms with Crippen LogP contribution >= 0.6 is 0 Å². The summed E-state index contributed by atoms with van der Waals surface area (Å²) in [5, 5.41) is 8.93. The highest BCUT2D eigenvalue weighted by molar-refractivity contribution is 5.18. The minimum absolute atomic E-state index is 0.289. The molecule has 0 saturated carbocycles. The number of benzene rings is 1. The SMILES string of the molecule is CC(CO)C[C@H](C)c1ccccc1. The van der Waals surface area contributed by atoms with Crippen LogP contribution in [0.1, 0.15) is 31.7 Å². The average Bonchev–Trinajstić information content (AvgIpc) is 2.19. The molecule has 1 aromatic carbocycles. The van der Waals surface area contributed by atoms with Gasteiger partial charge in [0.05, 0.1) is 0 Å². The summed E-state index contributed by atoms with van der Waals surface area (Å²) in [6.45, 7) is 4.58. The monoisotopic (exact) mass is 178 g/mol. The summed E-state index contributed by atoms with van der Waals surface area (Å²) in [5.74, 6) is 0.943. The molecule has 0 bridgehead atoms. The fourth-order valence-electron chi connectivity index (χ4n) is 1.60. The molecule has 1 aromatic rings. The summed E-state index contributed by atoms with van der Waals surface area (Å²) < 4.78 is 0. The van der Waals surface area contributed by atoms with Gasteiger partial charge in [0.25, 0.3) is 0 Å². The molecule has 1 nitrogen and oxygen atoms in total. The lowest BCUT2D eigenvalue weighted by molar-refractivity contribution is 0.225. The summed E-state index contributed by atoms with van der Waals surface area (Å²) in [6, 6.07) is 10.5. The van der Waals surface area contributed by atoms with Crippen LogP contribution < -0.4 is 0 Å². The molecule has 0 heterocycles. The zero-order valence-electron chi connectivity index (χ0n) is 8.40. The van der Waals surface area contributed by atoms with Gasteiger partial charge in [0.15, 0.2) is 0 Å². The van der Waals surface area contributed by atoms with Crippen molar-refractivity contribution in [1.82, 2.24) is 0 Å². The van der Waals surface area contributed by atoms with Crippen molar-refractivity contribution in [2.75, 3.05) is 6.61 Å². The quantitative estimate of drug-likeness (QED) is 0.751. The Balaban J connectivity index is 2.53. The van der Waals surface area contributed by atoms with Gasteiger partial charge >= 0.3 is 0 Å². The second-order valence-electron chi connectivity index (χ2n) is 3.84. The molecule has 0 aliphatic rings. The molecule has 72 valence electrons. The molecule has 1 unspecified atom stereocenters. The highest BCUT2D eigenvalue weighted by Crippen LogP contribution is 2.22. The zero-order valence-corrected chi connectivity index (χ0v) is 8.40. The van der Waals surface area contributed by atoms with E-state index in [0.29, 0.717) is 11.8 Å². The van der Waals surface area contributed by atoms with Crippen molar-refractivity contribution in [2.45, 2.75) is 26.2 Å². The minimum Gasteiger partial charge on any atom is -0.396 e. The third-order valence-electron chi connectivity index (χ3n) is 2.44. The Morgan fingerprint density at radius 1 is 1.15 bits per heavy atom. The van der Waals surface area contributed by atoms with Crippen LogP contribution in [0.3, 0.4) is 0 Å². The Morgan fingerprint density at radius 3 is 2.31 bits per heavy atom. The topological polar surface area (TPSA) is 20.2 Å². The first kappa shape index (κ1) is 10.3. The summed E-state index contributed by atoms with van der Waals surface area (Å²) in [5.41, 5.74) is 1.36. The second kappa shape index (κ2) is 5.03. The predicted octanol–water partition coefficient (Wildman–Crippen LogP) is 2.81. The smallest absolute Gasteiger partial charge is 0.0456 e. The molecule has 1 rings (SSSR count). The number of aliphatic hydroxyl groups excluding tert-OH is 1. The van der Waals surface area contributed by atoms with Crippen molar-refractivity contribution in [3.63, 3.8) is 0 Å². The lowest BCUT2D eigenvalue weighted by atomic mass is 9.92. The Bertz CT molecular complexity index is 230. The van der Waals surface area contributed by atoms with Gasteiger partial charge in [0.1, 0.15) is 0 Å². The molecule has 1 heteroatoms. The molecule has 0 aromatic heterocycles. The van der Waals surface area contributed by atoms with Gasteiger partial charge in [0, 0.05) is 6.61 Å². The van der Waals surface area contributed by atoms with Gasteiger partial charge < -0.3 is 5.11 Å². The lowest BCUT2D eigenvalue weighted by Gasteiger charge is -2.15. The van der Waals surface area contributed by atoms with Crippen LogP contribution in [0.2, 0.25) is 0 Å². The molecule has 0 amide bonds. The maximum absolute atomic E-state index is 8.93. The molecule has 0 radical (unpaired) electrons. The van der Waals surface area contributed by atoms with Gasteiger partial charge in [-0.25, -0.2) is 0 Å². The van der Waals surface area contributed by atoms with Crippen LogP contribution in [-0.2, 0) is 0 Å². The Morgan fingerprint density at radius 2 is 1.77 bits per heavy atom. The third kappa shape index (κ3) is 3.19. The first-order valence-corrected chi connectivity index (χ1v) is 4.90. The van der Waals surface area contributed by atoms with E-state index in [4.69, 9.17) is 5.11 Å². The lowest BCUT2D eigenvalue weighted by Crippen LogP contribution is -2.05. The minimum atomic E-state index is 0.289. The molecule has 13 heavy (non-hydrogen) atoms. The molecule has 2 atom stereocenters. The van der Waals surface area contributed by atoms with E-state index in [1.54, 1.807) is 0 Å². The first-order chi connectivity index (χ1) is 6.24. The van der Waals surface area contributed by atoms with E-state index in [-0.39, 0.29) is 6.61 Å². The molecule has 1 N–H and O–H groups in total. The fraction of sp³-hybridized carbons (Fsp3) is 0.500. The van der Waals surface area contributed by atoms with E-state index in [9.17, 15) is 0 Å². The van der Waals surface area contributed by atoms with Gasteiger partial charge in [-0.05, 0) is 23.8 Å². The van der Waals surface area contributed by atoms with Gasteiger partial charge in [0.2, 0.25) is 0 Å². The molecule has 0 spiro atoms. The van der Waals surface area contributed by atoms with Crippen LogP contribution in [0.25, 0.3) is 0 Å². The first-order valence-electron chi connectivity index (χ1n) is 4.90. The van der Waals surface area contributed by atoms with Crippen molar-refractivity contribution in [2.24, 2.45) is 5.92 Å². The second-order valence-corrected chi connectivity index (χ2v) is 3.84. The summed E-state index contributed by atoms with van der Waals surface area (Å²) in [7, 11) is 0. The van der Waals surface area contributed by atoms with E-state index < -0.39 is 0 Å². The molecule has 0 saturated heterocycles. The molecule has 0 fully saturated rings. The van der Waals surface area contributed by atoms with Crippen LogP contribution in [-0.4, -0.2) is 11.7 Å². The van der Waals surface area contributed by atoms with Crippen LogP contribution in [0.5, 0.6) is 0 Å². The normalized spacial score (nSPS) is 15.3. The van der Waals surface area contributed by atoms with Gasteiger partial charge in [-0.15, -0.1) is 0 Å². The van der Waals surface area contributed by atoms with Gasteiger partial charge in [-0.1, -0.05) is 44.2 Å². The Labute approximate surface area is 80.4 Å². The van der Waals surface area contributed by atoms with E-state index >= 15 is 0 Å². The summed E-state index contributed by atoms with van der Waals surface area (Å²) in [4.78, 5) is 0. The van der Waals surface area contributed by atoms with E-state index in [0.717, 1.165) is 6.42 Å². The molecule has 0 aliphatic carbocycles. The van der Waals surface area contributed by atoms with E-state index in [1.165, 1.54) is 5.56 Å². The van der Waals surface area contributed by atoms with Crippen LogP contribution in [0.4, 0.5) is 0 Å². The Hall–Kier alpha value is -0.820. The van der Waals surface area contributed by atoms with Crippen molar-refractivity contribution in [1.29, 1.82) is 0 Å². The van der Waals surface area contributed by atoms with Crippen molar-refractivity contribution >= 4 is 0 Å². The number of rotatable bonds is 4. The molecular formula is C12H18O. The number of aliphatic hydroxyl groups is 1. The van der Waals surface area contributed by atoms with E-state index in [1.807, 2.05) is 6.07 Å². The molecule has 0 aliphatic heterocycles. The highest BCUT2D eigenvalue weighted by Gasteiger charge is 2.08. The van der Waals surface area contributed by atoms with Crippen molar-refractivity contribution in [3.05, 3.63) is 35.9 Å². The van der Waals surface area contributed by atoms with Gasteiger partial charge in [-0.3, -0.25) is 0 Å². The Kier molecular flexibility index (Phi) is 3.97. The zero-order chi connectivity index (χ0) is 9.68. The fourth-order valence-corrected chi connectivity index (χ4v) is 1.60. The van der Waals surface area contributed by atoms with Crippen LogP contribution in [0, 0.1) is 5.92 Å². The van der Waals surface area contributed by atoms with Crippen molar-refractivity contribution in [3.8, 4) is 0 Å². The maximum Gasteiger partial charge on any atom is 0.0456 e. The third-order valence-corrected chi connectivity index (χ3v) is 2.44. The van der Waals surface area contributed by atoms with Crippen LogP contribution in [0.15, 0.2) is 30.3 Å². The predicted molar refractivity (Wildman–Crippen MR) is 55.7 cm³/mol. The van der Waals surface area contributed by atoms with E-state index in [2.05, 4.69) is 38.1 Å².